The van der Waals surface area contributed by atoms with E-state index >= 15 is 0 Å². The number of nitrogens with zero attached hydrogens (tertiary/aromatic N) is 1. The first-order valence-corrected chi connectivity index (χ1v) is 7.60. The predicted molar refractivity (Wildman–Crippen MR) is 103 cm³/mol. The molecule has 23 heavy (non-hydrogen) atoms. The molecule has 0 spiro atoms. The quantitative estimate of drug-likeness (QED) is 0.249. The Balaban J connectivity index is 0.00000264. The molecule has 1 aromatic rings. The topological polar surface area (TPSA) is 62.7 Å². The third-order valence-corrected chi connectivity index (χ3v) is 3.49. The molecule has 1 aliphatic rings. The summed E-state index contributed by atoms with van der Waals surface area (Å²) in [5, 5.41) is 6.68. The number of aliphatic imine (C=N–C) groups is 1. The van der Waals surface area contributed by atoms with Gasteiger partial charge in [-0.15, -0.1) is 24.0 Å². The van der Waals surface area contributed by atoms with Crippen molar-refractivity contribution < 1.29 is 9.53 Å². The molecule has 0 unspecified atom stereocenters. The molecular weight excluding hydrogens is 405 g/mol. The molecule has 1 aromatic carbocycles. The Morgan fingerprint density at radius 3 is 2.48 bits per heavy atom. The fourth-order valence-electron chi connectivity index (χ4n) is 2.28. The summed E-state index contributed by atoms with van der Waals surface area (Å²) < 4.78 is 4.69. The number of carbonyl (C=O) groups is 1. The molecular formula is C17H24IN3O2. The van der Waals surface area contributed by atoms with Gasteiger partial charge in [0.2, 0.25) is 0 Å². The first kappa shape index (κ1) is 19.5. The Labute approximate surface area is 154 Å². The van der Waals surface area contributed by atoms with Crippen LogP contribution in [-0.4, -0.2) is 31.6 Å². The maximum Gasteiger partial charge on any atom is 0.337 e. The lowest BCUT2D eigenvalue weighted by atomic mass is 10.1. The second-order valence-corrected chi connectivity index (χ2v) is 5.17. The first-order valence-electron chi connectivity index (χ1n) is 7.60. The van der Waals surface area contributed by atoms with E-state index in [0.717, 1.165) is 30.9 Å². The minimum Gasteiger partial charge on any atom is -0.465 e. The number of hydrogen-bond acceptors (Lipinski definition) is 3. The minimum absolute atomic E-state index is 0. The smallest absolute Gasteiger partial charge is 0.337 e. The highest BCUT2D eigenvalue weighted by Crippen LogP contribution is 2.09. The van der Waals surface area contributed by atoms with Gasteiger partial charge in [0, 0.05) is 12.6 Å². The van der Waals surface area contributed by atoms with Crippen LogP contribution >= 0.6 is 24.0 Å². The number of esters is 1. The SMILES string of the molecule is CCNC(=NCc1ccc(C(=O)OC)cc1)NC1CC=CC1.I. The van der Waals surface area contributed by atoms with Crippen molar-refractivity contribution >= 4 is 35.9 Å². The molecule has 0 saturated heterocycles. The molecule has 0 heterocycles. The Morgan fingerprint density at radius 2 is 1.91 bits per heavy atom. The molecule has 0 amide bonds. The minimum atomic E-state index is -0.321. The molecule has 0 aliphatic heterocycles. The summed E-state index contributed by atoms with van der Waals surface area (Å²) in [6, 6.07) is 7.75. The number of methoxy groups -OCH3 is 1. The summed E-state index contributed by atoms with van der Waals surface area (Å²) in [7, 11) is 1.38. The van der Waals surface area contributed by atoms with Crippen molar-refractivity contribution in [3.05, 3.63) is 47.5 Å². The van der Waals surface area contributed by atoms with Crippen LogP contribution in [-0.2, 0) is 11.3 Å². The van der Waals surface area contributed by atoms with Crippen molar-refractivity contribution in [1.82, 2.24) is 10.6 Å². The second kappa shape index (κ2) is 10.3. The van der Waals surface area contributed by atoms with Crippen LogP contribution in [0.5, 0.6) is 0 Å². The molecule has 1 aliphatic carbocycles. The fourth-order valence-corrected chi connectivity index (χ4v) is 2.28. The van der Waals surface area contributed by atoms with E-state index in [0.29, 0.717) is 18.2 Å². The third-order valence-electron chi connectivity index (χ3n) is 3.49. The van der Waals surface area contributed by atoms with Crippen molar-refractivity contribution in [2.75, 3.05) is 13.7 Å². The van der Waals surface area contributed by atoms with Gasteiger partial charge in [0.15, 0.2) is 5.96 Å². The van der Waals surface area contributed by atoms with Crippen LogP contribution < -0.4 is 10.6 Å². The maximum absolute atomic E-state index is 11.4. The van der Waals surface area contributed by atoms with E-state index in [9.17, 15) is 4.79 Å². The van der Waals surface area contributed by atoms with Gasteiger partial charge in [0.05, 0.1) is 19.2 Å². The van der Waals surface area contributed by atoms with Gasteiger partial charge >= 0.3 is 5.97 Å². The monoisotopic (exact) mass is 429 g/mol. The summed E-state index contributed by atoms with van der Waals surface area (Å²) in [4.78, 5) is 16.0. The van der Waals surface area contributed by atoms with Crippen molar-refractivity contribution in [1.29, 1.82) is 0 Å². The van der Waals surface area contributed by atoms with E-state index in [-0.39, 0.29) is 29.9 Å². The zero-order valence-corrected chi connectivity index (χ0v) is 15.9. The van der Waals surface area contributed by atoms with Crippen LogP contribution in [0, 0.1) is 0 Å². The number of benzene rings is 1. The highest BCUT2D eigenvalue weighted by Gasteiger charge is 2.11. The fraction of sp³-hybridized carbons (Fsp3) is 0.412. The summed E-state index contributed by atoms with van der Waals surface area (Å²) >= 11 is 0. The van der Waals surface area contributed by atoms with Crippen molar-refractivity contribution in [3.63, 3.8) is 0 Å². The predicted octanol–water partition coefficient (Wildman–Crippen LogP) is 2.86. The van der Waals surface area contributed by atoms with E-state index in [1.54, 1.807) is 12.1 Å². The molecule has 0 aromatic heterocycles. The van der Waals surface area contributed by atoms with Crippen LogP contribution in [0.2, 0.25) is 0 Å². The number of rotatable bonds is 5. The van der Waals surface area contributed by atoms with Crippen molar-refractivity contribution in [2.24, 2.45) is 4.99 Å². The van der Waals surface area contributed by atoms with Crippen LogP contribution in [0.1, 0.15) is 35.7 Å². The molecule has 0 atom stereocenters. The maximum atomic E-state index is 11.4. The van der Waals surface area contributed by atoms with E-state index in [4.69, 9.17) is 0 Å². The summed E-state index contributed by atoms with van der Waals surface area (Å²) in [6.07, 6.45) is 6.45. The molecule has 2 rings (SSSR count). The molecule has 6 heteroatoms. The Kier molecular flexibility index (Phi) is 8.68. The molecule has 0 bridgehead atoms. The Hall–Kier alpha value is -1.57. The highest BCUT2D eigenvalue weighted by atomic mass is 127. The van der Waals surface area contributed by atoms with Gasteiger partial charge in [-0.1, -0.05) is 24.3 Å². The van der Waals surface area contributed by atoms with E-state index in [1.807, 2.05) is 12.1 Å². The van der Waals surface area contributed by atoms with Crippen molar-refractivity contribution in [2.45, 2.75) is 32.4 Å². The number of halogens is 1. The third kappa shape index (κ3) is 6.21. The Morgan fingerprint density at radius 1 is 1.26 bits per heavy atom. The van der Waals surface area contributed by atoms with Crippen LogP contribution in [0.25, 0.3) is 0 Å². The molecule has 126 valence electrons. The van der Waals surface area contributed by atoms with Gasteiger partial charge in [-0.05, 0) is 37.5 Å². The molecule has 2 N–H and O–H groups in total. The number of hydrogen-bond donors (Lipinski definition) is 2. The van der Waals surface area contributed by atoms with E-state index in [2.05, 4.69) is 39.4 Å². The summed E-state index contributed by atoms with van der Waals surface area (Å²) in [5.74, 6) is 0.507. The molecule has 0 saturated carbocycles. The van der Waals surface area contributed by atoms with E-state index < -0.39 is 0 Å². The number of ether oxygens (including phenoxy) is 1. The Bertz CT molecular complexity index is 547. The van der Waals surface area contributed by atoms with Gasteiger partial charge in [-0.2, -0.15) is 0 Å². The highest BCUT2D eigenvalue weighted by molar-refractivity contribution is 14.0. The van der Waals surface area contributed by atoms with Gasteiger partial charge < -0.3 is 15.4 Å². The molecule has 0 fully saturated rings. The van der Waals surface area contributed by atoms with Gasteiger partial charge in [0.25, 0.3) is 0 Å². The molecule has 5 nitrogen and oxygen atoms in total. The average molecular weight is 429 g/mol. The first-order chi connectivity index (χ1) is 10.7. The lowest BCUT2D eigenvalue weighted by molar-refractivity contribution is 0.0600. The zero-order chi connectivity index (χ0) is 15.8. The zero-order valence-electron chi connectivity index (χ0n) is 13.5. The van der Waals surface area contributed by atoms with Gasteiger partial charge in [-0.25, -0.2) is 9.79 Å². The van der Waals surface area contributed by atoms with Gasteiger partial charge in [-0.3, -0.25) is 0 Å². The second-order valence-electron chi connectivity index (χ2n) is 5.17. The summed E-state index contributed by atoms with van der Waals surface area (Å²) in [6.45, 7) is 3.44. The van der Waals surface area contributed by atoms with Crippen LogP contribution in [0.15, 0.2) is 41.4 Å². The lowest BCUT2D eigenvalue weighted by Gasteiger charge is -2.16. The van der Waals surface area contributed by atoms with Crippen LogP contribution in [0.3, 0.4) is 0 Å². The van der Waals surface area contributed by atoms with E-state index in [1.165, 1.54) is 7.11 Å². The average Bonchev–Trinajstić information content (AvgIpc) is 3.05. The number of guanidine groups is 1. The summed E-state index contributed by atoms with van der Waals surface area (Å²) in [5.41, 5.74) is 1.60. The van der Waals surface area contributed by atoms with Crippen molar-refractivity contribution in [3.8, 4) is 0 Å². The number of nitrogens with one attached hydrogen (secondary N) is 2. The largest absolute Gasteiger partial charge is 0.465 e. The molecule has 0 radical (unpaired) electrons. The number of carbonyl (C=O) groups excluding carboxylic acids is 1. The lowest BCUT2D eigenvalue weighted by Crippen LogP contribution is -2.42. The van der Waals surface area contributed by atoms with Crippen LogP contribution in [0.4, 0.5) is 0 Å². The normalized spacial score (nSPS) is 14.3. The van der Waals surface area contributed by atoms with Gasteiger partial charge in [0.1, 0.15) is 0 Å². The standard InChI is InChI=1S/C17H23N3O2.HI/c1-3-18-17(20-15-6-4-5-7-15)19-12-13-8-10-14(11-9-13)16(21)22-2;/h4-5,8-11,15H,3,6-7,12H2,1-2H3,(H2,18,19,20);1H.